The lowest BCUT2D eigenvalue weighted by Crippen LogP contribution is -2.31. The van der Waals surface area contributed by atoms with Gasteiger partial charge in [-0.1, -0.05) is 6.07 Å². The zero-order chi connectivity index (χ0) is 13.4. The Balaban J connectivity index is 2.03. The fourth-order valence-electron chi connectivity index (χ4n) is 3.09. The van der Waals surface area contributed by atoms with E-state index in [1.807, 2.05) is 12.1 Å². The summed E-state index contributed by atoms with van der Waals surface area (Å²) in [5.74, 6) is 0.290. The van der Waals surface area contributed by atoms with Crippen LogP contribution in [-0.4, -0.2) is 12.6 Å². The third-order valence-electron chi connectivity index (χ3n) is 4.23. The molecule has 3 rings (SSSR count). The van der Waals surface area contributed by atoms with E-state index in [0.717, 1.165) is 36.0 Å². The molecule has 0 N–H and O–H groups in total. The van der Waals surface area contributed by atoms with E-state index in [-0.39, 0.29) is 17.7 Å². The van der Waals surface area contributed by atoms with Crippen LogP contribution < -0.4 is 0 Å². The number of benzene rings is 1. The van der Waals surface area contributed by atoms with Crippen LogP contribution in [0.15, 0.2) is 23.8 Å². The highest BCUT2D eigenvalue weighted by atomic mass is 19.1. The zero-order valence-corrected chi connectivity index (χ0v) is 11.0. The highest BCUT2D eigenvalue weighted by molar-refractivity contribution is 5.95. The van der Waals surface area contributed by atoms with Gasteiger partial charge < -0.3 is 4.74 Å². The van der Waals surface area contributed by atoms with Crippen LogP contribution >= 0.6 is 0 Å². The Bertz CT molecular complexity index is 548. The van der Waals surface area contributed by atoms with Crippen molar-refractivity contribution in [1.82, 2.24) is 0 Å². The molecular formula is C16H17FO2. The van der Waals surface area contributed by atoms with Crippen molar-refractivity contribution in [3.8, 4) is 0 Å². The van der Waals surface area contributed by atoms with Crippen molar-refractivity contribution < 1.29 is 13.9 Å². The Morgan fingerprint density at radius 1 is 1.42 bits per heavy atom. The quantitative estimate of drug-likeness (QED) is 0.762. The summed E-state index contributed by atoms with van der Waals surface area (Å²) in [6.07, 6.45) is 4.93. The Hall–Kier alpha value is -1.64. The SMILES string of the molecule is CCOC(=O)C1=Cc2cc(F)ccc2CC2CCC12. The van der Waals surface area contributed by atoms with E-state index in [1.165, 1.54) is 12.1 Å². The molecular weight excluding hydrogens is 243 g/mol. The van der Waals surface area contributed by atoms with Crippen LogP contribution in [0.3, 0.4) is 0 Å². The number of esters is 1. The van der Waals surface area contributed by atoms with Gasteiger partial charge in [-0.2, -0.15) is 0 Å². The molecule has 1 fully saturated rings. The zero-order valence-electron chi connectivity index (χ0n) is 11.0. The van der Waals surface area contributed by atoms with Gasteiger partial charge in [-0.25, -0.2) is 9.18 Å². The van der Waals surface area contributed by atoms with Gasteiger partial charge in [-0.15, -0.1) is 0 Å². The fourth-order valence-corrected chi connectivity index (χ4v) is 3.09. The van der Waals surface area contributed by atoms with Crippen molar-refractivity contribution in [3.05, 3.63) is 40.7 Å². The molecule has 0 bridgehead atoms. The van der Waals surface area contributed by atoms with Crippen molar-refractivity contribution in [2.75, 3.05) is 6.61 Å². The molecule has 1 saturated carbocycles. The van der Waals surface area contributed by atoms with Crippen molar-refractivity contribution >= 4 is 12.0 Å². The van der Waals surface area contributed by atoms with Crippen LogP contribution in [0.5, 0.6) is 0 Å². The lowest BCUT2D eigenvalue weighted by molar-refractivity contribution is -0.139. The molecule has 2 nitrogen and oxygen atoms in total. The highest BCUT2D eigenvalue weighted by Crippen LogP contribution is 2.45. The summed E-state index contributed by atoms with van der Waals surface area (Å²) < 4.78 is 18.5. The maximum atomic E-state index is 13.4. The first-order valence-corrected chi connectivity index (χ1v) is 6.86. The van der Waals surface area contributed by atoms with Crippen molar-refractivity contribution in [2.24, 2.45) is 11.8 Å². The van der Waals surface area contributed by atoms with Gasteiger partial charge in [0.15, 0.2) is 0 Å². The molecule has 1 aromatic rings. The topological polar surface area (TPSA) is 26.3 Å². The molecule has 1 aromatic carbocycles. The minimum absolute atomic E-state index is 0.241. The first-order chi connectivity index (χ1) is 9.19. The summed E-state index contributed by atoms with van der Waals surface area (Å²) in [5, 5.41) is 0. The van der Waals surface area contributed by atoms with Gasteiger partial charge in [0.1, 0.15) is 5.82 Å². The lowest BCUT2D eigenvalue weighted by Gasteiger charge is -2.36. The molecule has 2 unspecified atom stereocenters. The largest absolute Gasteiger partial charge is 0.463 e. The van der Waals surface area contributed by atoms with Gasteiger partial charge in [0.25, 0.3) is 0 Å². The van der Waals surface area contributed by atoms with E-state index in [4.69, 9.17) is 4.74 Å². The number of rotatable bonds is 2. The number of fused-ring (bicyclic) bond motifs is 2. The molecule has 100 valence electrons. The second-order valence-corrected chi connectivity index (χ2v) is 5.31. The van der Waals surface area contributed by atoms with Gasteiger partial charge in [-0.05, 0) is 67.4 Å². The molecule has 0 radical (unpaired) electrons. The van der Waals surface area contributed by atoms with Crippen molar-refractivity contribution in [2.45, 2.75) is 26.2 Å². The van der Waals surface area contributed by atoms with Gasteiger partial charge in [-0.3, -0.25) is 0 Å². The van der Waals surface area contributed by atoms with Gasteiger partial charge in [0, 0.05) is 5.57 Å². The molecule has 3 heteroatoms. The maximum absolute atomic E-state index is 13.4. The molecule has 0 heterocycles. The van der Waals surface area contributed by atoms with E-state index < -0.39 is 0 Å². The summed E-state index contributed by atoms with van der Waals surface area (Å²) in [6, 6.07) is 4.85. The van der Waals surface area contributed by atoms with Gasteiger partial charge in [0.2, 0.25) is 0 Å². The number of halogens is 1. The Morgan fingerprint density at radius 2 is 2.26 bits per heavy atom. The second-order valence-electron chi connectivity index (χ2n) is 5.31. The van der Waals surface area contributed by atoms with E-state index in [0.29, 0.717) is 12.5 Å². The predicted molar refractivity (Wildman–Crippen MR) is 70.9 cm³/mol. The molecule has 0 aliphatic heterocycles. The molecule has 0 amide bonds. The van der Waals surface area contributed by atoms with E-state index in [1.54, 1.807) is 6.92 Å². The average molecular weight is 260 g/mol. The number of ether oxygens (including phenoxy) is 1. The Labute approximate surface area is 112 Å². The van der Waals surface area contributed by atoms with Crippen molar-refractivity contribution in [3.63, 3.8) is 0 Å². The Morgan fingerprint density at radius 3 is 2.95 bits per heavy atom. The molecule has 19 heavy (non-hydrogen) atoms. The van der Waals surface area contributed by atoms with Crippen LogP contribution in [0.2, 0.25) is 0 Å². The van der Waals surface area contributed by atoms with E-state index in [2.05, 4.69) is 0 Å². The predicted octanol–water partition coefficient (Wildman–Crippen LogP) is 3.35. The normalized spacial score (nSPS) is 24.4. The molecule has 0 aromatic heterocycles. The molecule has 2 aliphatic rings. The van der Waals surface area contributed by atoms with Gasteiger partial charge in [0.05, 0.1) is 6.61 Å². The van der Waals surface area contributed by atoms with Crippen LogP contribution in [0, 0.1) is 17.7 Å². The van der Waals surface area contributed by atoms with E-state index >= 15 is 0 Å². The first-order valence-electron chi connectivity index (χ1n) is 6.86. The minimum atomic E-state index is -0.257. The Kier molecular flexibility index (Phi) is 3.13. The molecule has 0 saturated heterocycles. The fraction of sp³-hybridized carbons (Fsp3) is 0.438. The monoisotopic (exact) mass is 260 g/mol. The van der Waals surface area contributed by atoms with Crippen molar-refractivity contribution in [1.29, 1.82) is 0 Å². The second kappa shape index (κ2) is 4.80. The summed E-state index contributed by atoms with van der Waals surface area (Å²) in [5.41, 5.74) is 2.69. The maximum Gasteiger partial charge on any atom is 0.334 e. The number of hydrogen-bond acceptors (Lipinski definition) is 2. The standard InChI is InChI=1S/C16H17FO2/c1-2-19-16(18)15-9-12-8-13(17)5-3-10(12)7-11-4-6-14(11)15/h3,5,8-9,11,14H,2,4,6-7H2,1H3. The molecule has 2 aliphatic carbocycles. The number of carbonyl (C=O) groups excluding carboxylic acids is 1. The van der Waals surface area contributed by atoms with Crippen LogP contribution in [0.1, 0.15) is 30.9 Å². The summed E-state index contributed by atoms with van der Waals surface area (Å²) in [6.45, 7) is 2.19. The lowest BCUT2D eigenvalue weighted by atomic mass is 9.68. The highest BCUT2D eigenvalue weighted by Gasteiger charge is 2.38. The van der Waals surface area contributed by atoms with Crippen LogP contribution in [0.25, 0.3) is 6.08 Å². The molecule has 2 atom stereocenters. The molecule has 0 spiro atoms. The summed E-state index contributed by atoms with van der Waals surface area (Å²) >= 11 is 0. The third kappa shape index (κ3) is 2.18. The van der Waals surface area contributed by atoms with Crippen LogP contribution in [-0.2, 0) is 16.0 Å². The van der Waals surface area contributed by atoms with E-state index in [9.17, 15) is 9.18 Å². The number of hydrogen-bond donors (Lipinski definition) is 0. The minimum Gasteiger partial charge on any atom is -0.463 e. The average Bonchev–Trinajstić information content (AvgIpc) is 2.45. The third-order valence-corrected chi connectivity index (χ3v) is 4.23. The number of carbonyl (C=O) groups is 1. The van der Waals surface area contributed by atoms with Gasteiger partial charge >= 0.3 is 5.97 Å². The first kappa shape index (κ1) is 12.4. The van der Waals surface area contributed by atoms with Crippen LogP contribution in [0.4, 0.5) is 4.39 Å². The summed E-state index contributed by atoms with van der Waals surface area (Å²) in [4.78, 5) is 12.1. The summed E-state index contributed by atoms with van der Waals surface area (Å²) in [7, 11) is 0. The smallest absolute Gasteiger partial charge is 0.334 e.